The van der Waals surface area contributed by atoms with Crippen LogP contribution < -0.4 is 4.74 Å². The topological polar surface area (TPSA) is 25.0 Å². The molecule has 1 aromatic heterocycles. The van der Waals surface area contributed by atoms with Gasteiger partial charge in [0, 0.05) is 17.1 Å². The van der Waals surface area contributed by atoms with E-state index in [-0.39, 0.29) is 0 Å². The van der Waals surface area contributed by atoms with Gasteiger partial charge in [0.05, 0.1) is 6.61 Å². The summed E-state index contributed by atoms with van der Waals surface area (Å²) in [6.07, 6.45) is 4.30. The molecule has 0 aliphatic rings. The summed E-state index contributed by atoms with van der Waals surface area (Å²) >= 11 is 0. The number of benzene rings is 1. The fourth-order valence-corrected chi connectivity index (χ4v) is 1.86. The van der Waals surface area contributed by atoms with E-state index < -0.39 is 0 Å². The Morgan fingerprint density at radius 3 is 2.94 bits per heavy atom. The molecule has 0 saturated heterocycles. The molecule has 1 N–H and O–H groups in total. The van der Waals surface area contributed by atoms with Gasteiger partial charge < -0.3 is 9.72 Å². The number of H-pyrrole nitrogens is 1. The predicted octanol–water partition coefficient (Wildman–Crippen LogP) is 3.98. The average Bonchev–Trinajstić information content (AvgIpc) is 2.72. The Kier molecular flexibility index (Phi) is 3.50. The zero-order valence-corrected chi connectivity index (χ0v) is 9.99. The first-order chi connectivity index (χ1) is 7.77. The van der Waals surface area contributed by atoms with Crippen molar-refractivity contribution in [1.82, 2.24) is 4.98 Å². The molecule has 0 fully saturated rings. The van der Waals surface area contributed by atoms with Gasteiger partial charge in [0.15, 0.2) is 0 Å². The second-order valence-electron chi connectivity index (χ2n) is 4.58. The van der Waals surface area contributed by atoms with Gasteiger partial charge in [-0.1, -0.05) is 19.9 Å². The second kappa shape index (κ2) is 5.06. The van der Waals surface area contributed by atoms with Crippen molar-refractivity contribution < 1.29 is 4.74 Å². The second-order valence-corrected chi connectivity index (χ2v) is 4.58. The predicted molar refractivity (Wildman–Crippen MR) is 67.9 cm³/mol. The molecule has 0 atom stereocenters. The van der Waals surface area contributed by atoms with Crippen molar-refractivity contribution in [2.75, 3.05) is 6.61 Å². The molecule has 16 heavy (non-hydrogen) atoms. The number of aromatic amines is 1. The van der Waals surface area contributed by atoms with Crippen molar-refractivity contribution in [1.29, 1.82) is 0 Å². The first kappa shape index (κ1) is 11.1. The maximum atomic E-state index is 5.81. The van der Waals surface area contributed by atoms with Crippen molar-refractivity contribution in [3.63, 3.8) is 0 Å². The third kappa shape index (κ3) is 2.57. The molecular weight excluding hydrogens is 198 g/mol. The molecule has 86 valence electrons. The van der Waals surface area contributed by atoms with Gasteiger partial charge in [0.1, 0.15) is 5.75 Å². The van der Waals surface area contributed by atoms with Crippen LogP contribution in [0.25, 0.3) is 10.9 Å². The largest absolute Gasteiger partial charge is 0.493 e. The van der Waals surface area contributed by atoms with Gasteiger partial charge in [-0.3, -0.25) is 0 Å². The van der Waals surface area contributed by atoms with E-state index in [1.165, 1.54) is 11.8 Å². The zero-order valence-electron chi connectivity index (χ0n) is 9.99. The van der Waals surface area contributed by atoms with Gasteiger partial charge in [-0.15, -0.1) is 0 Å². The molecule has 0 radical (unpaired) electrons. The average molecular weight is 217 g/mol. The van der Waals surface area contributed by atoms with Crippen LogP contribution in [0, 0.1) is 5.92 Å². The molecule has 0 amide bonds. The van der Waals surface area contributed by atoms with Gasteiger partial charge in [-0.25, -0.2) is 0 Å². The third-order valence-corrected chi connectivity index (χ3v) is 2.74. The molecule has 2 nitrogen and oxygen atoms in total. The SMILES string of the molecule is CC(C)CCCOc1cccc2[nH]ccc12. The summed E-state index contributed by atoms with van der Waals surface area (Å²) in [6, 6.07) is 8.19. The molecule has 0 aliphatic carbocycles. The van der Waals surface area contributed by atoms with Gasteiger partial charge in [0.25, 0.3) is 0 Å². The number of ether oxygens (including phenoxy) is 1. The molecule has 1 aromatic carbocycles. The minimum Gasteiger partial charge on any atom is -0.493 e. The Bertz CT molecular complexity index is 445. The fraction of sp³-hybridized carbons (Fsp3) is 0.429. The van der Waals surface area contributed by atoms with Crippen molar-refractivity contribution in [2.24, 2.45) is 5.92 Å². The number of aromatic nitrogens is 1. The number of fused-ring (bicyclic) bond motifs is 1. The van der Waals surface area contributed by atoms with Crippen LogP contribution in [0.1, 0.15) is 26.7 Å². The molecule has 0 bridgehead atoms. The fourth-order valence-electron chi connectivity index (χ4n) is 1.86. The van der Waals surface area contributed by atoms with E-state index in [0.29, 0.717) is 0 Å². The van der Waals surface area contributed by atoms with Crippen LogP contribution in [0.3, 0.4) is 0 Å². The molecule has 0 unspecified atom stereocenters. The highest BCUT2D eigenvalue weighted by Crippen LogP contribution is 2.24. The van der Waals surface area contributed by atoms with Gasteiger partial charge in [0.2, 0.25) is 0 Å². The molecular formula is C14H19NO. The van der Waals surface area contributed by atoms with Crippen molar-refractivity contribution in [3.05, 3.63) is 30.5 Å². The minimum atomic E-state index is 0.756. The van der Waals surface area contributed by atoms with Crippen LogP contribution in [0.15, 0.2) is 30.5 Å². The van der Waals surface area contributed by atoms with Crippen molar-refractivity contribution in [3.8, 4) is 5.75 Å². The van der Waals surface area contributed by atoms with Crippen LogP contribution in [0.5, 0.6) is 5.75 Å². The molecule has 2 aromatic rings. The number of nitrogens with one attached hydrogen (secondary N) is 1. The molecule has 0 aliphatic heterocycles. The number of hydrogen-bond donors (Lipinski definition) is 1. The lowest BCUT2D eigenvalue weighted by Gasteiger charge is -2.08. The standard InChI is InChI=1S/C14H19NO/c1-11(2)5-4-10-16-14-7-3-6-13-12(14)8-9-15-13/h3,6-9,11,15H,4-5,10H2,1-2H3. The van der Waals surface area contributed by atoms with Crippen LogP contribution in [-0.2, 0) is 0 Å². The number of rotatable bonds is 5. The van der Waals surface area contributed by atoms with E-state index in [1.54, 1.807) is 0 Å². The Balaban J connectivity index is 1.96. The van der Waals surface area contributed by atoms with Gasteiger partial charge in [-0.05, 0) is 37.0 Å². The quantitative estimate of drug-likeness (QED) is 0.753. The summed E-state index contributed by atoms with van der Waals surface area (Å²) in [5, 5.41) is 1.17. The van der Waals surface area contributed by atoms with Gasteiger partial charge >= 0.3 is 0 Å². The zero-order chi connectivity index (χ0) is 11.4. The van der Waals surface area contributed by atoms with Gasteiger partial charge in [-0.2, -0.15) is 0 Å². The Labute approximate surface area is 96.6 Å². The lowest BCUT2D eigenvalue weighted by molar-refractivity contribution is 0.301. The Hall–Kier alpha value is -1.44. The summed E-state index contributed by atoms with van der Waals surface area (Å²) in [4.78, 5) is 3.19. The maximum absolute atomic E-state index is 5.81. The summed E-state index contributed by atoms with van der Waals surface area (Å²) in [6.45, 7) is 5.29. The van der Waals surface area contributed by atoms with E-state index in [1.807, 2.05) is 18.3 Å². The minimum absolute atomic E-state index is 0.756. The molecule has 2 heteroatoms. The van der Waals surface area contributed by atoms with E-state index in [0.717, 1.165) is 30.2 Å². The van der Waals surface area contributed by atoms with E-state index >= 15 is 0 Å². The smallest absolute Gasteiger partial charge is 0.128 e. The van der Waals surface area contributed by atoms with Crippen LogP contribution in [-0.4, -0.2) is 11.6 Å². The molecule has 0 spiro atoms. The normalized spacial score (nSPS) is 11.2. The summed E-state index contributed by atoms with van der Waals surface area (Å²) in [5.41, 5.74) is 1.14. The van der Waals surface area contributed by atoms with E-state index in [4.69, 9.17) is 4.74 Å². The molecule has 0 saturated carbocycles. The summed E-state index contributed by atoms with van der Waals surface area (Å²) in [7, 11) is 0. The van der Waals surface area contributed by atoms with Crippen LogP contribution in [0.4, 0.5) is 0 Å². The van der Waals surface area contributed by atoms with E-state index in [2.05, 4.69) is 31.0 Å². The highest BCUT2D eigenvalue weighted by atomic mass is 16.5. The lowest BCUT2D eigenvalue weighted by Crippen LogP contribution is -1.99. The van der Waals surface area contributed by atoms with Crippen LogP contribution >= 0.6 is 0 Å². The summed E-state index contributed by atoms with van der Waals surface area (Å²) in [5.74, 6) is 1.74. The first-order valence-corrected chi connectivity index (χ1v) is 5.96. The third-order valence-electron chi connectivity index (χ3n) is 2.74. The highest BCUT2D eigenvalue weighted by molar-refractivity contribution is 5.85. The number of hydrogen-bond acceptors (Lipinski definition) is 1. The monoisotopic (exact) mass is 217 g/mol. The lowest BCUT2D eigenvalue weighted by atomic mass is 10.1. The van der Waals surface area contributed by atoms with E-state index in [9.17, 15) is 0 Å². The first-order valence-electron chi connectivity index (χ1n) is 5.96. The van der Waals surface area contributed by atoms with Crippen LogP contribution in [0.2, 0.25) is 0 Å². The Morgan fingerprint density at radius 1 is 1.25 bits per heavy atom. The molecule has 1 heterocycles. The van der Waals surface area contributed by atoms with Crippen molar-refractivity contribution in [2.45, 2.75) is 26.7 Å². The summed E-state index contributed by atoms with van der Waals surface area (Å²) < 4.78 is 5.81. The Morgan fingerprint density at radius 2 is 2.12 bits per heavy atom. The van der Waals surface area contributed by atoms with Crippen molar-refractivity contribution >= 4 is 10.9 Å². The highest BCUT2D eigenvalue weighted by Gasteiger charge is 2.02. The molecule has 2 rings (SSSR count). The maximum Gasteiger partial charge on any atom is 0.128 e.